The van der Waals surface area contributed by atoms with Gasteiger partial charge in [0, 0.05) is 10.4 Å². The lowest BCUT2D eigenvalue weighted by Crippen LogP contribution is -2.68. The zero-order valence-corrected chi connectivity index (χ0v) is 17.7. The SMILES string of the molecule is Cc1cccc(O[Si](Oc2cccc(C)c2)(c2ccccc2)c2ccccc2)c1. The van der Waals surface area contributed by atoms with Crippen molar-refractivity contribution in [3.05, 3.63) is 120 Å². The molecule has 0 aliphatic heterocycles. The molecule has 0 unspecified atom stereocenters. The molecule has 0 saturated carbocycles. The van der Waals surface area contributed by atoms with Crippen molar-refractivity contribution >= 4 is 18.9 Å². The lowest BCUT2D eigenvalue weighted by molar-refractivity contribution is 0.417. The van der Waals surface area contributed by atoms with E-state index in [2.05, 4.69) is 62.4 Å². The van der Waals surface area contributed by atoms with Crippen LogP contribution in [0.3, 0.4) is 0 Å². The number of aryl methyl sites for hydroxylation is 2. The van der Waals surface area contributed by atoms with E-state index < -0.39 is 8.56 Å². The molecule has 4 aromatic carbocycles. The molecular weight excluding hydrogens is 372 g/mol. The molecule has 2 nitrogen and oxygen atoms in total. The minimum Gasteiger partial charge on any atom is -0.506 e. The molecule has 0 amide bonds. The van der Waals surface area contributed by atoms with Crippen LogP contribution in [0.4, 0.5) is 0 Å². The monoisotopic (exact) mass is 396 g/mol. The number of hydrogen-bond acceptors (Lipinski definition) is 2. The largest absolute Gasteiger partial charge is 0.531 e. The number of benzene rings is 4. The summed E-state index contributed by atoms with van der Waals surface area (Å²) in [6.07, 6.45) is 0. The van der Waals surface area contributed by atoms with Gasteiger partial charge in [0.1, 0.15) is 11.5 Å². The van der Waals surface area contributed by atoms with Crippen LogP contribution in [0.15, 0.2) is 109 Å². The quantitative estimate of drug-likeness (QED) is 0.426. The molecule has 0 bridgehead atoms. The zero-order chi connectivity index (χ0) is 20.1. The summed E-state index contributed by atoms with van der Waals surface area (Å²) in [5.74, 6) is 1.63. The van der Waals surface area contributed by atoms with E-state index >= 15 is 0 Å². The molecule has 144 valence electrons. The Hall–Kier alpha value is -3.30. The second-order valence-corrected chi connectivity index (χ2v) is 9.98. The Kier molecular flexibility index (Phi) is 5.50. The van der Waals surface area contributed by atoms with Crippen molar-refractivity contribution in [1.29, 1.82) is 0 Å². The standard InChI is InChI=1S/C26H24O2Si/c1-21-11-9-13-23(19-21)27-29(25-15-5-3-6-16-25,26-17-7-4-8-18-26)28-24-14-10-12-22(2)20-24/h3-20H,1-2H3. The first-order valence-electron chi connectivity index (χ1n) is 9.78. The van der Waals surface area contributed by atoms with Crippen molar-refractivity contribution in [1.82, 2.24) is 0 Å². The van der Waals surface area contributed by atoms with Crippen molar-refractivity contribution in [3.63, 3.8) is 0 Å². The highest BCUT2D eigenvalue weighted by Crippen LogP contribution is 2.23. The Bertz CT molecular complexity index is 989. The van der Waals surface area contributed by atoms with E-state index in [4.69, 9.17) is 8.85 Å². The van der Waals surface area contributed by atoms with Gasteiger partial charge in [-0.25, -0.2) is 0 Å². The molecule has 0 aromatic heterocycles. The summed E-state index contributed by atoms with van der Waals surface area (Å²) < 4.78 is 13.6. The third-order valence-corrected chi connectivity index (χ3v) is 8.04. The normalized spacial score (nSPS) is 11.1. The highest BCUT2D eigenvalue weighted by molar-refractivity contribution is 6.93. The molecule has 0 heterocycles. The van der Waals surface area contributed by atoms with Crippen molar-refractivity contribution in [3.8, 4) is 11.5 Å². The van der Waals surface area contributed by atoms with Crippen LogP contribution in [-0.4, -0.2) is 8.56 Å². The van der Waals surface area contributed by atoms with Gasteiger partial charge in [-0.15, -0.1) is 0 Å². The van der Waals surface area contributed by atoms with Gasteiger partial charge in [-0.05, 0) is 49.2 Å². The van der Waals surface area contributed by atoms with Crippen molar-refractivity contribution < 1.29 is 8.85 Å². The van der Waals surface area contributed by atoms with Crippen LogP contribution in [0.5, 0.6) is 11.5 Å². The molecule has 0 saturated heterocycles. The van der Waals surface area contributed by atoms with Crippen molar-refractivity contribution in [2.24, 2.45) is 0 Å². The maximum Gasteiger partial charge on any atom is 0.531 e. The summed E-state index contributed by atoms with van der Waals surface area (Å²) in [5.41, 5.74) is 2.31. The summed E-state index contributed by atoms with van der Waals surface area (Å²) in [6.45, 7) is 4.14. The van der Waals surface area contributed by atoms with E-state index in [1.807, 2.05) is 60.7 Å². The van der Waals surface area contributed by atoms with Crippen LogP contribution in [0, 0.1) is 13.8 Å². The fourth-order valence-corrected chi connectivity index (χ4v) is 6.45. The second-order valence-electron chi connectivity index (χ2n) is 7.19. The van der Waals surface area contributed by atoms with Gasteiger partial charge in [0.25, 0.3) is 0 Å². The van der Waals surface area contributed by atoms with Crippen LogP contribution in [0.1, 0.15) is 11.1 Å². The number of rotatable bonds is 6. The molecule has 0 radical (unpaired) electrons. The van der Waals surface area contributed by atoms with E-state index in [-0.39, 0.29) is 0 Å². The highest BCUT2D eigenvalue weighted by atomic mass is 28.4. The Labute approximate surface area is 173 Å². The van der Waals surface area contributed by atoms with E-state index in [0.717, 1.165) is 33.0 Å². The Morgan fingerprint density at radius 1 is 0.483 bits per heavy atom. The van der Waals surface area contributed by atoms with E-state index in [0.29, 0.717) is 0 Å². The number of hydrogen-bond donors (Lipinski definition) is 0. The molecule has 3 heteroatoms. The van der Waals surface area contributed by atoms with Gasteiger partial charge in [0.2, 0.25) is 0 Å². The first-order valence-corrected chi connectivity index (χ1v) is 11.6. The average Bonchev–Trinajstić information content (AvgIpc) is 2.75. The first-order chi connectivity index (χ1) is 14.2. The minimum absolute atomic E-state index is 0.817. The summed E-state index contributed by atoms with van der Waals surface area (Å²) in [7, 11) is -3.08. The fourth-order valence-electron chi connectivity index (χ4n) is 3.43. The highest BCUT2D eigenvalue weighted by Gasteiger charge is 2.47. The molecule has 0 atom stereocenters. The summed E-state index contributed by atoms with van der Waals surface area (Å²) >= 11 is 0. The van der Waals surface area contributed by atoms with Gasteiger partial charge in [-0.3, -0.25) is 0 Å². The predicted octanol–water partition coefficient (Wildman–Crippen LogP) is 5.02. The van der Waals surface area contributed by atoms with Crippen LogP contribution >= 0.6 is 0 Å². The lowest BCUT2D eigenvalue weighted by atomic mass is 10.2. The zero-order valence-electron chi connectivity index (χ0n) is 16.7. The van der Waals surface area contributed by atoms with Crippen molar-refractivity contribution in [2.75, 3.05) is 0 Å². The van der Waals surface area contributed by atoms with E-state index in [1.54, 1.807) is 0 Å². The Morgan fingerprint density at radius 3 is 1.28 bits per heavy atom. The molecule has 4 rings (SSSR count). The average molecular weight is 397 g/mol. The minimum atomic E-state index is -3.08. The van der Waals surface area contributed by atoms with Gasteiger partial charge in [-0.2, -0.15) is 0 Å². The van der Waals surface area contributed by atoms with Gasteiger partial charge in [0.05, 0.1) is 0 Å². The Balaban J connectivity index is 1.91. The predicted molar refractivity (Wildman–Crippen MR) is 122 cm³/mol. The maximum absolute atomic E-state index is 6.82. The first kappa shape index (κ1) is 19.0. The van der Waals surface area contributed by atoms with E-state index in [9.17, 15) is 0 Å². The van der Waals surface area contributed by atoms with Gasteiger partial charge in [0.15, 0.2) is 0 Å². The molecule has 0 spiro atoms. The molecule has 0 fully saturated rings. The third kappa shape index (κ3) is 4.25. The molecular formula is C26H24O2Si. The van der Waals surface area contributed by atoms with Crippen LogP contribution in [0.2, 0.25) is 0 Å². The molecule has 4 aromatic rings. The summed E-state index contributed by atoms with van der Waals surface area (Å²) in [6, 6.07) is 36.9. The van der Waals surface area contributed by atoms with Crippen molar-refractivity contribution in [2.45, 2.75) is 13.8 Å². The van der Waals surface area contributed by atoms with Crippen LogP contribution < -0.4 is 19.2 Å². The smallest absolute Gasteiger partial charge is 0.506 e. The summed E-state index contributed by atoms with van der Waals surface area (Å²) in [4.78, 5) is 0. The second kappa shape index (κ2) is 8.37. The molecule has 0 aliphatic rings. The topological polar surface area (TPSA) is 18.5 Å². The lowest BCUT2D eigenvalue weighted by Gasteiger charge is -2.32. The van der Waals surface area contributed by atoms with Crippen LogP contribution in [0.25, 0.3) is 0 Å². The third-order valence-electron chi connectivity index (χ3n) is 4.81. The fraction of sp³-hybridized carbons (Fsp3) is 0.0769. The molecule has 29 heavy (non-hydrogen) atoms. The maximum atomic E-state index is 6.82. The van der Waals surface area contributed by atoms with Gasteiger partial charge in [-0.1, -0.05) is 84.9 Å². The van der Waals surface area contributed by atoms with Gasteiger partial charge < -0.3 is 8.85 Å². The van der Waals surface area contributed by atoms with Crippen LogP contribution in [-0.2, 0) is 0 Å². The Morgan fingerprint density at radius 2 is 0.897 bits per heavy atom. The summed E-state index contributed by atoms with van der Waals surface area (Å²) in [5, 5.41) is 2.13. The molecule has 0 aliphatic carbocycles. The van der Waals surface area contributed by atoms with Gasteiger partial charge >= 0.3 is 8.56 Å². The molecule has 0 N–H and O–H groups in total. The van der Waals surface area contributed by atoms with E-state index in [1.165, 1.54) is 0 Å².